The third-order valence-electron chi connectivity index (χ3n) is 4.45. The van der Waals surface area contributed by atoms with Gasteiger partial charge < -0.3 is 14.4 Å². The SMILES string of the molecule is COC(=O)c1cc(S(=O)(=O)N2CCOCC2)cnc1N(C)CC1CC1. The molecule has 1 aliphatic heterocycles. The molecular weight excluding hydrogens is 346 g/mol. The van der Waals surface area contributed by atoms with Gasteiger partial charge in [0, 0.05) is 32.9 Å². The summed E-state index contributed by atoms with van der Waals surface area (Å²) in [6.45, 7) is 2.09. The molecule has 1 aliphatic carbocycles. The van der Waals surface area contributed by atoms with Gasteiger partial charge in [0.25, 0.3) is 0 Å². The molecule has 0 unspecified atom stereocenters. The minimum absolute atomic E-state index is 0.00151. The Morgan fingerprint density at radius 2 is 2.08 bits per heavy atom. The van der Waals surface area contributed by atoms with Gasteiger partial charge in [0.05, 0.1) is 20.3 Å². The van der Waals surface area contributed by atoms with Crippen LogP contribution in [0, 0.1) is 5.92 Å². The predicted octanol–water partition coefficient (Wildman–Crippen LogP) is 0.735. The van der Waals surface area contributed by atoms with Gasteiger partial charge in [0.1, 0.15) is 16.3 Å². The van der Waals surface area contributed by atoms with Crippen molar-refractivity contribution < 1.29 is 22.7 Å². The first kappa shape index (κ1) is 18.1. The van der Waals surface area contributed by atoms with Gasteiger partial charge in [-0.05, 0) is 24.8 Å². The second-order valence-electron chi connectivity index (χ2n) is 6.37. The van der Waals surface area contributed by atoms with Gasteiger partial charge in [-0.3, -0.25) is 0 Å². The van der Waals surface area contributed by atoms with Gasteiger partial charge >= 0.3 is 5.97 Å². The summed E-state index contributed by atoms with van der Waals surface area (Å²) in [6.07, 6.45) is 3.65. The molecule has 1 aromatic rings. The van der Waals surface area contributed by atoms with Crippen LogP contribution < -0.4 is 4.90 Å². The Labute approximate surface area is 147 Å². The zero-order chi connectivity index (χ0) is 18.0. The second kappa shape index (κ2) is 7.27. The average molecular weight is 369 g/mol. The molecule has 3 rings (SSSR count). The lowest BCUT2D eigenvalue weighted by molar-refractivity contribution is 0.0600. The van der Waals surface area contributed by atoms with E-state index in [4.69, 9.17) is 9.47 Å². The van der Waals surface area contributed by atoms with Crippen molar-refractivity contribution in [1.82, 2.24) is 9.29 Å². The molecule has 2 fully saturated rings. The number of methoxy groups -OCH3 is 1. The first-order valence-electron chi connectivity index (χ1n) is 8.31. The van der Waals surface area contributed by atoms with Crippen molar-refractivity contribution in [2.45, 2.75) is 17.7 Å². The van der Waals surface area contributed by atoms with E-state index in [9.17, 15) is 13.2 Å². The summed E-state index contributed by atoms with van der Waals surface area (Å²) >= 11 is 0. The van der Waals surface area contributed by atoms with Crippen molar-refractivity contribution in [2.24, 2.45) is 5.92 Å². The van der Waals surface area contributed by atoms with Crippen LogP contribution in [0.25, 0.3) is 0 Å². The summed E-state index contributed by atoms with van der Waals surface area (Å²) in [6, 6.07) is 1.36. The van der Waals surface area contributed by atoms with E-state index in [1.54, 1.807) is 0 Å². The quantitative estimate of drug-likeness (QED) is 0.683. The number of carbonyl (C=O) groups excluding carboxylic acids is 1. The molecule has 0 spiro atoms. The molecule has 1 saturated carbocycles. The molecule has 1 saturated heterocycles. The summed E-state index contributed by atoms with van der Waals surface area (Å²) < 4.78 is 36.9. The van der Waals surface area contributed by atoms with Crippen molar-refractivity contribution >= 4 is 21.8 Å². The van der Waals surface area contributed by atoms with Crippen LogP contribution in [0.5, 0.6) is 0 Å². The van der Waals surface area contributed by atoms with E-state index in [1.165, 1.54) is 36.5 Å². The molecule has 2 aliphatic rings. The highest BCUT2D eigenvalue weighted by atomic mass is 32.2. The van der Waals surface area contributed by atoms with Crippen LogP contribution in [0.4, 0.5) is 5.82 Å². The molecule has 8 nitrogen and oxygen atoms in total. The molecule has 25 heavy (non-hydrogen) atoms. The molecule has 0 bridgehead atoms. The highest BCUT2D eigenvalue weighted by Crippen LogP contribution is 2.32. The van der Waals surface area contributed by atoms with Crippen LogP contribution in [0.2, 0.25) is 0 Å². The third kappa shape index (κ3) is 3.94. The molecule has 0 atom stereocenters. The van der Waals surface area contributed by atoms with E-state index in [0.29, 0.717) is 38.0 Å². The van der Waals surface area contributed by atoms with Crippen LogP contribution in [0.3, 0.4) is 0 Å². The average Bonchev–Trinajstić information content (AvgIpc) is 3.45. The van der Waals surface area contributed by atoms with Gasteiger partial charge in [-0.2, -0.15) is 4.31 Å². The maximum absolute atomic E-state index is 12.8. The van der Waals surface area contributed by atoms with Gasteiger partial charge in [-0.15, -0.1) is 0 Å². The van der Waals surface area contributed by atoms with E-state index < -0.39 is 16.0 Å². The lowest BCUT2D eigenvalue weighted by Crippen LogP contribution is -2.40. The Bertz CT molecular complexity index is 742. The van der Waals surface area contributed by atoms with Crippen LogP contribution in [0.1, 0.15) is 23.2 Å². The summed E-state index contributed by atoms with van der Waals surface area (Å²) in [7, 11) is -0.591. The number of nitrogens with zero attached hydrogens (tertiary/aromatic N) is 3. The topological polar surface area (TPSA) is 89.0 Å². The van der Waals surface area contributed by atoms with E-state index >= 15 is 0 Å². The fraction of sp³-hybridized carbons (Fsp3) is 0.625. The maximum atomic E-state index is 12.8. The van der Waals surface area contributed by atoms with Gasteiger partial charge in [-0.1, -0.05) is 0 Å². The number of esters is 1. The standard InChI is InChI=1S/C16H23N3O5S/c1-18(11-12-3-4-12)15-14(16(20)23-2)9-13(10-17-15)25(21,22)19-5-7-24-8-6-19/h9-10,12H,3-8,11H2,1-2H3. The number of sulfonamides is 1. The molecule has 2 heterocycles. The fourth-order valence-corrected chi connectivity index (χ4v) is 4.23. The lowest BCUT2D eigenvalue weighted by atomic mass is 10.2. The molecule has 9 heteroatoms. The number of anilines is 1. The second-order valence-corrected chi connectivity index (χ2v) is 8.31. The Balaban J connectivity index is 1.93. The number of pyridine rings is 1. The van der Waals surface area contributed by atoms with Crippen LogP contribution in [0.15, 0.2) is 17.2 Å². The van der Waals surface area contributed by atoms with Gasteiger partial charge in [0.2, 0.25) is 10.0 Å². The highest BCUT2D eigenvalue weighted by molar-refractivity contribution is 7.89. The molecule has 138 valence electrons. The molecular formula is C16H23N3O5S. The van der Waals surface area contributed by atoms with E-state index in [1.807, 2.05) is 11.9 Å². The minimum Gasteiger partial charge on any atom is -0.465 e. The molecule has 0 amide bonds. The third-order valence-corrected chi connectivity index (χ3v) is 6.31. The Morgan fingerprint density at radius 1 is 1.40 bits per heavy atom. The monoisotopic (exact) mass is 369 g/mol. The first-order valence-corrected chi connectivity index (χ1v) is 9.75. The predicted molar refractivity (Wildman–Crippen MR) is 91.1 cm³/mol. The normalized spacial score (nSPS) is 18.8. The number of aromatic nitrogens is 1. The Kier molecular flexibility index (Phi) is 5.26. The zero-order valence-electron chi connectivity index (χ0n) is 14.5. The molecule has 1 aromatic heterocycles. The van der Waals surface area contributed by atoms with Gasteiger partial charge in [-0.25, -0.2) is 18.2 Å². The summed E-state index contributed by atoms with van der Waals surface area (Å²) in [5.41, 5.74) is 0.167. The number of hydrogen-bond donors (Lipinski definition) is 0. The molecule has 0 aromatic carbocycles. The highest BCUT2D eigenvalue weighted by Gasteiger charge is 2.30. The smallest absolute Gasteiger partial charge is 0.341 e. The summed E-state index contributed by atoms with van der Waals surface area (Å²) in [5, 5.41) is 0. The van der Waals surface area contributed by atoms with Crippen LogP contribution in [-0.4, -0.2) is 70.7 Å². The van der Waals surface area contributed by atoms with E-state index in [0.717, 1.165) is 6.54 Å². The fourth-order valence-electron chi connectivity index (χ4n) is 2.85. The summed E-state index contributed by atoms with van der Waals surface area (Å²) in [5.74, 6) is 0.456. The van der Waals surface area contributed by atoms with Crippen LogP contribution >= 0.6 is 0 Å². The van der Waals surface area contributed by atoms with Gasteiger partial charge in [0.15, 0.2) is 0 Å². The number of hydrogen-bond acceptors (Lipinski definition) is 7. The maximum Gasteiger partial charge on any atom is 0.341 e. The number of carbonyl (C=O) groups is 1. The Morgan fingerprint density at radius 3 is 2.68 bits per heavy atom. The zero-order valence-corrected chi connectivity index (χ0v) is 15.3. The summed E-state index contributed by atoms with van der Waals surface area (Å²) in [4.78, 5) is 18.3. The lowest BCUT2D eigenvalue weighted by Gasteiger charge is -2.26. The van der Waals surface area contributed by atoms with E-state index in [2.05, 4.69) is 4.98 Å². The number of ether oxygens (including phenoxy) is 2. The van der Waals surface area contributed by atoms with Crippen molar-refractivity contribution in [2.75, 3.05) is 51.9 Å². The van der Waals surface area contributed by atoms with Crippen molar-refractivity contribution in [3.8, 4) is 0 Å². The number of morpholine rings is 1. The van der Waals surface area contributed by atoms with Crippen molar-refractivity contribution in [1.29, 1.82) is 0 Å². The van der Waals surface area contributed by atoms with E-state index in [-0.39, 0.29) is 10.5 Å². The first-order chi connectivity index (χ1) is 11.9. The number of rotatable bonds is 6. The largest absolute Gasteiger partial charge is 0.465 e. The van der Waals surface area contributed by atoms with Crippen LogP contribution in [-0.2, 0) is 19.5 Å². The Hall–Kier alpha value is -1.71. The molecule has 0 N–H and O–H groups in total. The van der Waals surface area contributed by atoms with Crippen molar-refractivity contribution in [3.05, 3.63) is 17.8 Å². The minimum atomic E-state index is -3.71. The van der Waals surface area contributed by atoms with Crippen molar-refractivity contribution in [3.63, 3.8) is 0 Å². The molecule has 0 radical (unpaired) electrons.